The number of carbonyl (C=O) groups excluding carboxylic acids is 2. The van der Waals surface area contributed by atoms with Crippen LogP contribution in [0.3, 0.4) is 0 Å². The summed E-state index contributed by atoms with van der Waals surface area (Å²) in [6.45, 7) is 3.34. The summed E-state index contributed by atoms with van der Waals surface area (Å²) in [5.41, 5.74) is 3.03. The largest absolute Gasteiger partial charge is 0.340 e. The molecular weight excluding hydrogens is 473 g/mol. The van der Waals surface area contributed by atoms with Gasteiger partial charge >= 0.3 is 0 Å². The normalized spacial score (nSPS) is 18.8. The Labute approximate surface area is 215 Å². The van der Waals surface area contributed by atoms with Crippen LogP contribution in [0.2, 0.25) is 0 Å². The van der Waals surface area contributed by atoms with Crippen molar-refractivity contribution in [2.24, 2.45) is 0 Å². The molecule has 36 heavy (non-hydrogen) atoms. The van der Waals surface area contributed by atoms with Gasteiger partial charge in [0.2, 0.25) is 11.8 Å². The Morgan fingerprint density at radius 2 is 1.75 bits per heavy atom. The highest BCUT2D eigenvalue weighted by molar-refractivity contribution is 7.10. The maximum absolute atomic E-state index is 14.1. The van der Waals surface area contributed by atoms with Gasteiger partial charge in [0.05, 0.1) is 12.6 Å². The minimum atomic E-state index is -0.264. The van der Waals surface area contributed by atoms with Gasteiger partial charge in [0, 0.05) is 43.7 Å². The predicted molar refractivity (Wildman–Crippen MR) is 141 cm³/mol. The topological polar surface area (TPSA) is 43.9 Å². The fourth-order valence-electron chi connectivity index (χ4n) is 5.10. The van der Waals surface area contributed by atoms with Crippen LogP contribution in [0.1, 0.15) is 34.0 Å². The number of thiophene rings is 1. The summed E-state index contributed by atoms with van der Waals surface area (Å²) in [4.78, 5) is 33.3. The summed E-state index contributed by atoms with van der Waals surface area (Å²) in [5, 5.41) is 2.08. The average Bonchev–Trinajstić information content (AvgIpc) is 3.23. The summed E-state index contributed by atoms with van der Waals surface area (Å²) in [6.07, 6.45) is 5.08. The molecule has 0 spiro atoms. The van der Waals surface area contributed by atoms with Crippen molar-refractivity contribution in [1.82, 2.24) is 14.7 Å². The first-order valence-electron chi connectivity index (χ1n) is 12.4. The molecule has 0 aliphatic carbocycles. The molecular formula is C29H30FN3O2S. The van der Waals surface area contributed by atoms with Gasteiger partial charge in [-0.05, 0) is 59.2 Å². The van der Waals surface area contributed by atoms with Crippen LogP contribution in [-0.2, 0) is 16.0 Å². The van der Waals surface area contributed by atoms with E-state index >= 15 is 0 Å². The molecule has 2 amide bonds. The van der Waals surface area contributed by atoms with Crippen molar-refractivity contribution in [1.29, 1.82) is 0 Å². The Kier molecular flexibility index (Phi) is 7.58. The Balaban J connectivity index is 1.24. The molecule has 5 rings (SSSR count). The summed E-state index contributed by atoms with van der Waals surface area (Å²) < 4.78 is 14.1. The molecule has 1 atom stereocenters. The number of halogens is 1. The Morgan fingerprint density at radius 1 is 0.944 bits per heavy atom. The highest BCUT2D eigenvalue weighted by atomic mass is 32.1. The molecule has 3 heterocycles. The molecule has 0 bridgehead atoms. The van der Waals surface area contributed by atoms with Crippen LogP contribution >= 0.6 is 11.3 Å². The number of nitrogens with zero attached hydrogens (tertiary/aromatic N) is 3. The minimum absolute atomic E-state index is 0.0275. The minimum Gasteiger partial charge on any atom is -0.340 e. The van der Waals surface area contributed by atoms with E-state index < -0.39 is 0 Å². The van der Waals surface area contributed by atoms with Gasteiger partial charge in [-0.25, -0.2) is 4.39 Å². The zero-order valence-corrected chi connectivity index (χ0v) is 21.0. The van der Waals surface area contributed by atoms with Crippen LogP contribution in [0.15, 0.2) is 72.1 Å². The molecule has 2 aliphatic rings. The van der Waals surface area contributed by atoms with Crippen LogP contribution in [0.5, 0.6) is 0 Å². The van der Waals surface area contributed by atoms with Crippen LogP contribution in [0, 0.1) is 5.82 Å². The number of carbonyl (C=O) groups is 2. The Morgan fingerprint density at radius 3 is 2.58 bits per heavy atom. The van der Waals surface area contributed by atoms with Gasteiger partial charge in [0.15, 0.2) is 0 Å². The van der Waals surface area contributed by atoms with Gasteiger partial charge in [0.25, 0.3) is 0 Å². The third-order valence-electron chi connectivity index (χ3n) is 6.95. The molecule has 0 radical (unpaired) electrons. The first-order valence-corrected chi connectivity index (χ1v) is 13.3. The predicted octanol–water partition coefficient (Wildman–Crippen LogP) is 4.61. The van der Waals surface area contributed by atoms with Gasteiger partial charge in [-0.2, -0.15) is 0 Å². The monoisotopic (exact) mass is 503 g/mol. The third-order valence-corrected chi connectivity index (χ3v) is 7.94. The Bertz CT molecular complexity index is 1240. The number of fused-ring (bicyclic) bond motifs is 1. The summed E-state index contributed by atoms with van der Waals surface area (Å²) in [7, 11) is 0. The second-order valence-electron chi connectivity index (χ2n) is 9.28. The van der Waals surface area contributed by atoms with Crippen LogP contribution in [0.4, 0.5) is 4.39 Å². The van der Waals surface area contributed by atoms with Crippen molar-refractivity contribution in [2.45, 2.75) is 18.9 Å². The third kappa shape index (κ3) is 5.58. The molecule has 5 nitrogen and oxygen atoms in total. The van der Waals surface area contributed by atoms with Crippen molar-refractivity contribution in [2.75, 3.05) is 39.3 Å². The molecule has 0 saturated carbocycles. The highest BCUT2D eigenvalue weighted by Gasteiger charge is 2.32. The summed E-state index contributed by atoms with van der Waals surface area (Å²) in [6, 6.07) is 18.4. The Hall–Kier alpha value is -3.29. The number of hydrogen-bond donors (Lipinski definition) is 0. The van der Waals surface area contributed by atoms with E-state index in [1.165, 1.54) is 16.5 Å². The van der Waals surface area contributed by atoms with Crippen molar-refractivity contribution in [3.8, 4) is 0 Å². The maximum Gasteiger partial charge on any atom is 0.246 e. The number of benzene rings is 2. The molecule has 2 aliphatic heterocycles. The molecule has 186 valence electrons. The molecule has 3 aromatic rings. The molecule has 0 N–H and O–H groups in total. The highest BCUT2D eigenvalue weighted by Crippen LogP contribution is 2.37. The van der Waals surface area contributed by atoms with Crippen molar-refractivity contribution < 1.29 is 14.0 Å². The number of hydrogen-bond acceptors (Lipinski definition) is 4. The molecule has 2 aromatic carbocycles. The average molecular weight is 504 g/mol. The van der Waals surface area contributed by atoms with Gasteiger partial charge in [-0.3, -0.25) is 14.5 Å². The van der Waals surface area contributed by atoms with E-state index in [0.29, 0.717) is 26.2 Å². The van der Waals surface area contributed by atoms with Crippen LogP contribution in [0.25, 0.3) is 6.08 Å². The molecule has 1 saturated heterocycles. The van der Waals surface area contributed by atoms with E-state index in [9.17, 15) is 14.0 Å². The fraction of sp³-hybridized carbons (Fsp3) is 0.310. The summed E-state index contributed by atoms with van der Waals surface area (Å²) >= 11 is 1.73. The number of amides is 2. The first kappa shape index (κ1) is 24.4. The van der Waals surface area contributed by atoms with E-state index in [1.807, 2.05) is 52.3 Å². The lowest BCUT2D eigenvalue weighted by Crippen LogP contribution is -2.45. The molecule has 1 fully saturated rings. The van der Waals surface area contributed by atoms with Crippen molar-refractivity contribution in [3.63, 3.8) is 0 Å². The van der Waals surface area contributed by atoms with E-state index in [2.05, 4.69) is 16.3 Å². The zero-order chi connectivity index (χ0) is 24.9. The van der Waals surface area contributed by atoms with E-state index in [1.54, 1.807) is 29.5 Å². The van der Waals surface area contributed by atoms with Crippen LogP contribution in [-0.4, -0.2) is 65.8 Å². The number of rotatable bonds is 5. The molecule has 1 unspecified atom stereocenters. The van der Waals surface area contributed by atoms with Gasteiger partial charge in [-0.15, -0.1) is 11.3 Å². The summed E-state index contributed by atoms with van der Waals surface area (Å²) in [5.74, 6) is -0.232. The van der Waals surface area contributed by atoms with Crippen LogP contribution < -0.4 is 0 Å². The lowest BCUT2D eigenvalue weighted by atomic mass is 9.93. The van der Waals surface area contributed by atoms with Crippen molar-refractivity contribution in [3.05, 3.63) is 99.5 Å². The van der Waals surface area contributed by atoms with Crippen molar-refractivity contribution >= 4 is 29.2 Å². The van der Waals surface area contributed by atoms with E-state index in [-0.39, 0.29) is 30.2 Å². The van der Waals surface area contributed by atoms with Gasteiger partial charge in [0.1, 0.15) is 5.82 Å². The standard InChI is InChI=1S/C29H30FN3O2S/c30-24-9-4-8-23(20-24)29-25-13-19-36-26(25)12-16-33(29)21-28(35)32-15-5-14-31(17-18-32)27(34)11-10-22-6-2-1-3-7-22/h1-4,6-11,13,19-20,29H,5,12,14-18,21H2/b11-10+. The lowest BCUT2D eigenvalue weighted by Gasteiger charge is -2.37. The second kappa shape index (κ2) is 11.2. The van der Waals surface area contributed by atoms with E-state index in [4.69, 9.17) is 0 Å². The van der Waals surface area contributed by atoms with E-state index in [0.717, 1.165) is 30.5 Å². The maximum atomic E-state index is 14.1. The molecule has 7 heteroatoms. The zero-order valence-electron chi connectivity index (χ0n) is 20.2. The fourth-order valence-corrected chi connectivity index (χ4v) is 6.01. The quantitative estimate of drug-likeness (QED) is 0.478. The second-order valence-corrected chi connectivity index (χ2v) is 10.3. The smallest absolute Gasteiger partial charge is 0.246 e. The lowest BCUT2D eigenvalue weighted by molar-refractivity contribution is -0.133. The molecule has 1 aromatic heterocycles. The van der Waals surface area contributed by atoms with Gasteiger partial charge in [-0.1, -0.05) is 42.5 Å². The SMILES string of the molecule is O=C(/C=C/c1ccccc1)N1CCCN(C(=O)CN2CCc3sccc3C2c2cccc(F)c2)CC1. The first-order chi connectivity index (χ1) is 17.6. The van der Waals surface area contributed by atoms with Gasteiger partial charge < -0.3 is 9.80 Å².